The molecule has 0 amide bonds. The van der Waals surface area contributed by atoms with Gasteiger partial charge in [-0.05, 0) is 31.9 Å². The first-order valence-corrected chi connectivity index (χ1v) is 6.20. The van der Waals surface area contributed by atoms with Gasteiger partial charge in [-0.15, -0.1) is 0 Å². The summed E-state index contributed by atoms with van der Waals surface area (Å²) in [7, 11) is 0. The number of ether oxygens (including phenoxy) is 1. The highest BCUT2D eigenvalue weighted by atomic mass is 16.5. The molecular formula is C14H23NO. The third kappa shape index (κ3) is 4.23. The van der Waals surface area contributed by atoms with Crippen LogP contribution in [0.4, 0.5) is 5.69 Å². The second-order valence-electron chi connectivity index (χ2n) is 4.11. The van der Waals surface area contributed by atoms with Crippen molar-refractivity contribution in [3.05, 3.63) is 29.8 Å². The van der Waals surface area contributed by atoms with Gasteiger partial charge in [0.2, 0.25) is 0 Å². The van der Waals surface area contributed by atoms with E-state index in [0.29, 0.717) is 6.04 Å². The Morgan fingerprint density at radius 2 is 2.00 bits per heavy atom. The van der Waals surface area contributed by atoms with Crippen LogP contribution in [0.1, 0.15) is 32.8 Å². The van der Waals surface area contributed by atoms with Gasteiger partial charge < -0.3 is 10.1 Å². The van der Waals surface area contributed by atoms with Crippen LogP contribution in [0.2, 0.25) is 0 Å². The molecule has 0 saturated carbocycles. The molecule has 0 spiro atoms. The molecule has 0 saturated heterocycles. The molecule has 0 bridgehead atoms. The van der Waals surface area contributed by atoms with Gasteiger partial charge >= 0.3 is 0 Å². The SMILES string of the molecule is CCCc1ccccc1NC(C)COCC. The number of aryl methyl sites for hydroxylation is 1. The zero-order valence-corrected chi connectivity index (χ0v) is 10.6. The predicted octanol–water partition coefficient (Wildman–Crippen LogP) is 3.48. The second-order valence-corrected chi connectivity index (χ2v) is 4.11. The summed E-state index contributed by atoms with van der Waals surface area (Å²) >= 11 is 0. The number of benzene rings is 1. The Kier molecular flexibility index (Phi) is 5.94. The van der Waals surface area contributed by atoms with Crippen LogP contribution >= 0.6 is 0 Å². The maximum absolute atomic E-state index is 5.40. The van der Waals surface area contributed by atoms with Gasteiger partial charge in [-0.1, -0.05) is 31.5 Å². The number of anilines is 1. The van der Waals surface area contributed by atoms with E-state index < -0.39 is 0 Å². The van der Waals surface area contributed by atoms with Crippen molar-refractivity contribution in [2.75, 3.05) is 18.5 Å². The molecule has 1 N–H and O–H groups in total. The topological polar surface area (TPSA) is 21.3 Å². The number of hydrogen-bond donors (Lipinski definition) is 1. The van der Waals surface area contributed by atoms with Gasteiger partial charge in [-0.2, -0.15) is 0 Å². The van der Waals surface area contributed by atoms with E-state index in [1.807, 2.05) is 6.92 Å². The van der Waals surface area contributed by atoms with Gasteiger partial charge in [-0.3, -0.25) is 0 Å². The first-order valence-electron chi connectivity index (χ1n) is 6.20. The Labute approximate surface area is 99.0 Å². The van der Waals surface area contributed by atoms with E-state index >= 15 is 0 Å². The molecule has 0 aliphatic heterocycles. The summed E-state index contributed by atoms with van der Waals surface area (Å²) < 4.78 is 5.40. The van der Waals surface area contributed by atoms with Crippen molar-refractivity contribution in [1.82, 2.24) is 0 Å². The molecule has 2 nitrogen and oxygen atoms in total. The zero-order valence-electron chi connectivity index (χ0n) is 10.6. The fourth-order valence-corrected chi connectivity index (χ4v) is 1.75. The van der Waals surface area contributed by atoms with Crippen LogP contribution in [0.25, 0.3) is 0 Å². The molecule has 1 unspecified atom stereocenters. The fraction of sp³-hybridized carbons (Fsp3) is 0.571. The van der Waals surface area contributed by atoms with Crippen molar-refractivity contribution in [2.24, 2.45) is 0 Å². The summed E-state index contributed by atoms with van der Waals surface area (Å²) in [6.07, 6.45) is 2.31. The van der Waals surface area contributed by atoms with Crippen LogP contribution in [0.15, 0.2) is 24.3 Å². The first kappa shape index (κ1) is 13.0. The van der Waals surface area contributed by atoms with Crippen LogP contribution in [0.3, 0.4) is 0 Å². The highest BCUT2D eigenvalue weighted by Crippen LogP contribution is 2.17. The van der Waals surface area contributed by atoms with Crippen molar-refractivity contribution < 1.29 is 4.74 Å². The summed E-state index contributed by atoms with van der Waals surface area (Å²) in [6, 6.07) is 8.88. The lowest BCUT2D eigenvalue weighted by Gasteiger charge is -2.17. The van der Waals surface area contributed by atoms with Gasteiger partial charge in [0, 0.05) is 18.3 Å². The minimum Gasteiger partial charge on any atom is -0.380 e. The Morgan fingerprint density at radius 1 is 1.25 bits per heavy atom. The summed E-state index contributed by atoms with van der Waals surface area (Å²) in [5.74, 6) is 0. The molecule has 1 rings (SSSR count). The molecule has 0 fully saturated rings. The van der Waals surface area contributed by atoms with Crippen molar-refractivity contribution in [3.63, 3.8) is 0 Å². The largest absolute Gasteiger partial charge is 0.380 e. The van der Waals surface area contributed by atoms with Crippen LogP contribution in [-0.4, -0.2) is 19.3 Å². The maximum Gasteiger partial charge on any atom is 0.0664 e. The lowest BCUT2D eigenvalue weighted by Crippen LogP contribution is -2.22. The molecule has 0 radical (unpaired) electrons. The minimum absolute atomic E-state index is 0.359. The lowest BCUT2D eigenvalue weighted by molar-refractivity contribution is 0.141. The van der Waals surface area contributed by atoms with Gasteiger partial charge in [0.1, 0.15) is 0 Å². The van der Waals surface area contributed by atoms with Gasteiger partial charge in [-0.25, -0.2) is 0 Å². The summed E-state index contributed by atoms with van der Waals surface area (Å²) in [4.78, 5) is 0. The number of hydrogen-bond acceptors (Lipinski definition) is 2. The lowest BCUT2D eigenvalue weighted by atomic mass is 10.1. The van der Waals surface area contributed by atoms with Crippen molar-refractivity contribution in [2.45, 2.75) is 39.7 Å². The minimum atomic E-state index is 0.359. The van der Waals surface area contributed by atoms with E-state index in [-0.39, 0.29) is 0 Å². The van der Waals surface area contributed by atoms with E-state index in [1.54, 1.807) is 0 Å². The molecular weight excluding hydrogens is 198 g/mol. The summed E-state index contributed by atoms with van der Waals surface area (Å²) in [5.41, 5.74) is 2.64. The molecule has 16 heavy (non-hydrogen) atoms. The highest BCUT2D eigenvalue weighted by molar-refractivity contribution is 5.51. The highest BCUT2D eigenvalue weighted by Gasteiger charge is 2.05. The van der Waals surface area contributed by atoms with E-state index in [1.165, 1.54) is 17.7 Å². The summed E-state index contributed by atoms with van der Waals surface area (Å²) in [5, 5.41) is 3.51. The van der Waals surface area contributed by atoms with Crippen molar-refractivity contribution >= 4 is 5.69 Å². The molecule has 0 aliphatic carbocycles. The van der Waals surface area contributed by atoms with E-state index in [4.69, 9.17) is 4.74 Å². The van der Waals surface area contributed by atoms with E-state index in [9.17, 15) is 0 Å². The Morgan fingerprint density at radius 3 is 2.69 bits per heavy atom. The van der Waals surface area contributed by atoms with E-state index in [2.05, 4.69) is 43.4 Å². The van der Waals surface area contributed by atoms with Crippen LogP contribution in [0.5, 0.6) is 0 Å². The zero-order chi connectivity index (χ0) is 11.8. The van der Waals surface area contributed by atoms with Gasteiger partial charge in [0.25, 0.3) is 0 Å². The smallest absolute Gasteiger partial charge is 0.0664 e. The number of nitrogens with one attached hydrogen (secondary N) is 1. The molecule has 1 atom stereocenters. The molecule has 1 aromatic rings. The second kappa shape index (κ2) is 7.29. The average molecular weight is 221 g/mol. The van der Waals surface area contributed by atoms with Crippen LogP contribution in [-0.2, 0) is 11.2 Å². The normalized spacial score (nSPS) is 12.4. The fourth-order valence-electron chi connectivity index (χ4n) is 1.75. The molecule has 0 aliphatic rings. The quantitative estimate of drug-likeness (QED) is 0.761. The van der Waals surface area contributed by atoms with Gasteiger partial charge in [0.05, 0.1) is 6.61 Å². The third-order valence-electron chi connectivity index (χ3n) is 2.51. The molecule has 0 aromatic heterocycles. The molecule has 2 heteroatoms. The number of para-hydroxylation sites is 1. The maximum atomic E-state index is 5.40. The number of rotatable bonds is 7. The van der Waals surface area contributed by atoms with Crippen molar-refractivity contribution in [1.29, 1.82) is 0 Å². The average Bonchev–Trinajstić information content (AvgIpc) is 2.29. The molecule has 90 valence electrons. The summed E-state index contributed by atoms with van der Waals surface area (Å²) in [6.45, 7) is 7.93. The standard InChI is InChI=1S/C14H23NO/c1-4-8-13-9-6-7-10-14(13)15-12(3)11-16-5-2/h6-7,9-10,12,15H,4-5,8,11H2,1-3H3. The van der Waals surface area contributed by atoms with Crippen molar-refractivity contribution in [3.8, 4) is 0 Å². The molecule has 0 heterocycles. The Balaban J connectivity index is 2.57. The Hall–Kier alpha value is -1.02. The van der Waals surface area contributed by atoms with Crippen LogP contribution < -0.4 is 5.32 Å². The third-order valence-corrected chi connectivity index (χ3v) is 2.51. The monoisotopic (exact) mass is 221 g/mol. The Bertz CT molecular complexity index is 299. The van der Waals surface area contributed by atoms with Crippen LogP contribution in [0, 0.1) is 0 Å². The van der Waals surface area contributed by atoms with E-state index in [0.717, 1.165) is 19.6 Å². The molecule has 1 aromatic carbocycles. The first-order chi connectivity index (χ1) is 7.77. The van der Waals surface area contributed by atoms with Gasteiger partial charge in [0.15, 0.2) is 0 Å². The predicted molar refractivity (Wildman–Crippen MR) is 70.0 cm³/mol.